The van der Waals surface area contributed by atoms with Crippen LogP contribution >= 0.6 is 0 Å². The van der Waals surface area contributed by atoms with Crippen molar-refractivity contribution >= 4 is 22.1 Å². The van der Waals surface area contributed by atoms with Gasteiger partial charge in [-0.25, -0.2) is 9.97 Å². The smallest absolute Gasteiger partial charge is 0.172 e. The second-order valence-corrected chi connectivity index (χ2v) is 2.83. The van der Waals surface area contributed by atoms with Crippen LogP contribution in [-0.2, 0) is 0 Å². The number of aromatic nitrogens is 2. The van der Waals surface area contributed by atoms with E-state index in [4.69, 9.17) is 4.42 Å². The summed E-state index contributed by atoms with van der Waals surface area (Å²) in [5, 5.41) is 1.04. The van der Waals surface area contributed by atoms with Crippen LogP contribution in [0.1, 0.15) is 13.8 Å². The first kappa shape index (κ1) is 9.65. The first-order chi connectivity index (χ1) is 7.45. The van der Waals surface area contributed by atoms with Gasteiger partial charge in [0.15, 0.2) is 5.58 Å². The number of hydrogen-bond donors (Lipinski definition) is 0. The minimum Gasteiger partial charge on any atom is -0.453 e. The van der Waals surface area contributed by atoms with Crippen molar-refractivity contribution in [3.8, 4) is 0 Å². The van der Waals surface area contributed by atoms with Gasteiger partial charge in [0.2, 0.25) is 0 Å². The average molecular weight is 200 g/mol. The molecule has 0 aliphatic carbocycles. The molecule has 76 valence electrons. The van der Waals surface area contributed by atoms with Crippen LogP contribution in [0.2, 0.25) is 0 Å². The summed E-state index contributed by atoms with van der Waals surface area (Å²) in [6.45, 7) is 4.00. The van der Waals surface area contributed by atoms with Crippen molar-refractivity contribution in [1.29, 1.82) is 0 Å². The second kappa shape index (κ2) is 4.09. The number of furan rings is 1. The first-order valence-corrected chi connectivity index (χ1v) is 5.02. The zero-order valence-electron chi connectivity index (χ0n) is 8.77. The largest absolute Gasteiger partial charge is 0.453 e. The Bertz CT molecular complexity index is 521. The van der Waals surface area contributed by atoms with Crippen molar-refractivity contribution in [2.24, 2.45) is 0 Å². The van der Waals surface area contributed by atoms with Crippen molar-refractivity contribution in [2.45, 2.75) is 13.8 Å². The Morgan fingerprint density at radius 1 is 1.07 bits per heavy atom. The van der Waals surface area contributed by atoms with Gasteiger partial charge < -0.3 is 4.42 Å². The number of benzene rings is 1. The van der Waals surface area contributed by atoms with Crippen LogP contribution in [-0.4, -0.2) is 9.97 Å². The lowest BCUT2D eigenvalue weighted by Gasteiger charge is -1.84. The molecule has 0 radical (unpaired) electrons. The van der Waals surface area contributed by atoms with Crippen molar-refractivity contribution in [3.05, 3.63) is 36.8 Å². The molecule has 2 aromatic heterocycles. The molecule has 0 unspecified atom stereocenters. The number of fused-ring (bicyclic) bond motifs is 3. The third kappa shape index (κ3) is 1.56. The average Bonchev–Trinajstić information content (AvgIpc) is 2.70. The summed E-state index contributed by atoms with van der Waals surface area (Å²) in [6, 6.07) is 7.84. The Kier molecular flexibility index (Phi) is 2.63. The van der Waals surface area contributed by atoms with Crippen LogP contribution < -0.4 is 0 Å². The summed E-state index contributed by atoms with van der Waals surface area (Å²) in [6.07, 6.45) is 3.21. The molecular formula is C12H12N2O. The summed E-state index contributed by atoms with van der Waals surface area (Å²) in [7, 11) is 0. The zero-order chi connectivity index (χ0) is 10.7. The van der Waals surface area contributed by atoms with Crippen LogP contribution in [0, 0.1) is 0 Å². The number of rotatable bonds is 0. The molecule has 0 atom stereocenters. The van der Waals surface area contributed by atoms with Gasteiger partial charge in [-0.3, -0.25) is 0 Å². The fourth-order valence-corrected chi connectivity index (χ4v) is 1.46. The van der Waals surface area contributed by atoms with Crippen LogP contribution in [0.4, 0.5) is 0 Å². The van der Waals surface area contributed by atoms with Crippen molar-refractivity contribution in [1.82, 2.24) is 9.97 Å². The Hall–Kier alpha value is -1.90. The predicted octanol–water partition coefficient (Wildman–Crippen LogP) is 3.40. The number of para-hydroxylation sites is 1. The maximum atomic E-state index is 5.53. The Morgan fingerprint density at radius 3 is 2.73 bits per heavy atom. The molecule has 3 heteroatoms. The third-order valence-electron chi connectivity index (χ3n) is 2.04. The van der Waals surface area contributed by atoms with Gasteiger partial charge in [-0.15, -0.1) is 0 Å². The van der Waals surface area contributed by atoms with E-state index in [0.29, 0.717) is 0 Å². The maximum Gasteiger partial charge on any atom is 0.172 e. The van der Waals surface area contributed by atoms with Gasteiger partial charge in [0.05, 0.1) is 6.20 Å². The fourth-order valence-electron chi connectivity index (χ4n) is 1.46. The molecule has 0 aliphatic heterocycles. The molecule has 0 spiro atoms. The van der Waals surface area contributed by atoms with Crippen LogP contribution in [0.5, 0.6) is 0 Å². The van der Waals surface area contributed by atoms with E-state index in [0.717, 1.165) is 22.1 Å². The van der Waals surface area contributed by atoms with E-state index in [2.05, 4.69) is 9.97 Å². The summed E-state index contributed by atoms with van der Waals surface area (Å²) in [5.41, 5.74) is 2.48. The van der Waals surface area contributed by atoms with Crippen molar-refractivity contribution < 1.29 is 4.42 Å². The Morgan fingerprint density at radius 2 is 1.87 bits per heavy atom. The lowest BCUT2D eigenvalue weighted by Crippen LogP contribution is -1.74. The highest BCUT2D eigenvalue weighted by Crippen LogP contribution is 2.25. The lowest BCUT2D eigenvalue weighted by atomic mass is 10.2. The molecule has 3 nitrogen and oxygen atoms in total. The molecule has 3 rings (SSSR count). The van der Waals surface area contributed by atoms with E-state index in [9.17, 15) is 0 Å². The molecule has 15 heavy (non-hydrogen) atoms. The van der Waals surface area contributed by atoms with Crippen molar-refractivity contribution in [2.75, 3.05) is 0 Å². The van der Waals surface area contributed by atoms with E-state index >= 15 is 0 Å². The normalized spacial score (nSPS) is 10.0. The quantitative estimate of drug-likeness (QED) is 0.558. The van der Waals surface area contributed by atoms with Crippen LogP contribution in [0.25, 0.3) is 22.1 Å². The van der Waals surface area contributed by atoms with E-state index in [1.54, 1.807) is 6.20 Å². The molecule has 0 saturated heterocycles. The summed E-state index contributed by atoms with van der Waals surface area (Å²) in [5.74, 6) is 0. The Balaban J connectivity index is 0.000000404. The van der Waals surface area contributed by atoms with Crippen molar-refractivity contribution in [3.63, 3.8) is 0 Å². The number of hydrogen-bond acceptors (Lipinski definition) is 3. The molecule has 0 bridgehead atoms. The minimum atomic E-state index is 0.740. The van der Waals surface area contributed by atoms with E-state index < -0.39 is 0 Å². The van der Waals surface area contributed by atoms with Gasteiger partial charge in [-0.05, 0) is 12.1 Å². The molecule has 0 aliphatic rings. The van der Waals surface area contributed by atoms with E-state index in [-0.39, 0.29) is 0 Å². The molecular weight excluding hydrogens is 188 g/mol. The molecule has 0 fully saturated rings. The van der Waals surface area contributed by atoms with Gasteiger partial charge >= 0.3 is 0 Å². The highest BCUT2D eigenvalue weighted by atomic mass is 16.3. The van der Waals surface area contributed by atoms with Crippen LogP contribution in [0.15, 0.2) is 41.2 Å². The fraction of sp³-hybridized carbons (Fsp3) is 0.167. The standard InChI is InChI=1S/C10H6N2O.C2H6/c1-2-4-8-7(3-1)10-9(13-8)5-11-6-12-10;1-2/h1-6H;1-2H3. The summed E-state index contributed by atoms with van der Waals surface area (Å²) < 4.78 is 5.53. The van der Waals surface area contributed by atoms with Gasteiger partial charge in [0.1, 0.15) is 17.4 Å². The van der Waals surface area contributed by atoms with Gasteiger partial charge in [0, 0.05) is 5.39 Å². The molecule has 1 aromatic carbocycles. The van der Waals surface area contributed by atoms with Gasteiger partial charge in [-0.1, -0.05) is 26.0 Å². The first-order valence-electron chi connectivity index (χ1n) is 5.02. The third-order valence-corrected chi connectivity index (χ3v) is 2.04. The molecule has 3 aromatic rings. The second-order valence-electron chi connectivity index (χ2n) is 2.83. The zero-order valence-corrected chi connectivity index (χ0v) is 8.77. The van der Waals surface area contributed by atoms with Gasteiger partial charge in [0.25, 0.3) is 0 Å². The maximum absolute atomic E-state index is 5.53. The Labute approximate surface area is 87.8 Å². The lowest BCUT2D eigenvalue weighted by molar-refractivity contribution is 0.665. The van der Waals surface area contributed by atoms with E-state index in [1.165, 1.54) is 6.33 Å². The summed E-state index contributed by atoms with van der Waals surface area (Å²) >= 11 is 0. The summed E-state index contributed by atoms with van der Waals surface area (Å²) in [4.78, 5) is 8.07. The van der Waals surface area contributed by atoms with Gasteiger partial charge in [-0.2, -0.15) is 0 Å². The monoisotopic (exact) mass is 200 g/mol. The topological polar surface area (TPSA) is 38.9 Å². The molecule has 0 saturated carbocycles. The van der Waals surface area contributed by atoms with E-state index in [1.807, 2.05) is 38.1 Å². The minimum absolute atomic E-state index is 0.740. The molecule has 0 amide bonds. The SMILES string of the molecule is CC.c1ccc2c(c1)oc1cncnc12. The van der Waals surface area contributed by atoms with Crippen LogP contribution in [0.3, 0.4) is 0 Å². The molecule has 0 N–H and O–H groups in total. The highest BCUT2D eigenvalue weighted by Gasteiger charge is 2.05. The predicted molar refractivity (Wildman–Crippen MR) is 60.7 cm³/mol. The number of nitrogens with zero attached hydrogens (tertiary/aromatic N) is 2. The molecule has 2 heterocycles. The highest BCUT2D eigenvalue weighted by molar-refractivity contribution is 6.01.